The third-order valence-corrected chi connectivity index (χ3v) is 6.84. The van der Waals surface area contributed by atoms with Gasteiger partial charge in [0.1, 0.15) is 29.5 Å². The summed E-state index contributed by atoms with van der Waals surface area (Å²) in [7, 11) is 0. The topological polar surface area (TPSA) is 84.0 Å². The lowest BCUT2D eigenvalue weighted by molar-refractivity contribution is -0.153. The van der Waals surface area contributed by atoms with Crippen LogP contribution in [0.4, 0.5) is 0 Å². The molecule has 1 spiro atoms. The SMILES string of the molecule is CC(=O)O[C@H]1[C@H]2O[C@H]2C2=CC3=N[C@H](O)[C@@]4(C)O[C@@]34C[C@]2(C)[C@H]1C. The lowest BCUT2D eigenvalue weighted by atomic mass is 9.56. The number of rotatable bonds is 1. The average Bonchev–Trinajstić information content (AvgIpc) is 3.33. The molecular formula is C17H21NO5. The number of ether oxygens (including phenoxy) is 3. The lowest BCUT2D eigenvalue weighted by Crippen LogP contribution is -2.52. The maximum absolute atomic E-state index is 11.5. The van der Waals surface area contributed by atoms with Crippen LogP contribution in [-0.2, 0) is 19.0 Å². The number of hydrogen-bond acceptors (Lipinski definition) is 6. The first-order valence-corrected chi connectivity index (χ1v) is 8.24. The Kier molecular flexibility index (Phi) is 2.28. The van der Waals surface area contributed by atoms with Crippen molar-refractivity contribution in [1.29, 1.82) is 0 Å². The highest BCUT2D eigenvalue weighted by Gasteiger charge is 2.80. The Bertz CT molecular complexity index is 701. The fourth-order valence-corrected chi connectivity index (χ4v) is 5.11. The van der Waals surface area contributed by atoms with Gasteiger partial charge < -0.3 is 19.3 Å². The zero-order valence-corrected chi connectivity index (χ0v) is 13.7. The first-order valence-electron chi connectivity index (χ1n) is 8.24. The van der Waals surface area contributed by atoms with Crippen molar-refractivity contribution >= 4 is 11.7 Å². The number of epoxide rings is 2. The number of carbonyl (C=O) groups excluding carboxylic acids is 1. The fraction of sp³-hybridized carbons (Fsp3) is 0.765. The number of hydrogen-bond donors (Lipinski definition) is 1. The van der Waals surface area contributed by atoms with E-state index in [0.29, 0.717) is 0 Å². The van der Waals surface area contributed by atoms with Crippen LogP contribution in [-0.4, -0.2) is 52.5 Å². The second kappa shape index (κ2) is 3.71. The van der Waals surface area contributed by atoms with E-state index < -0.39 is 17.4 Å². The van der Waals surface area contributed by atoms with Crippen LogP contribution >= 0.6 is 0 Å². The summed E-state index contributed by atoms with van der Waals surface area (Å²) in [6, 6.07) is 0. The van der Waals surface area contributed by atoms with Gasteiger partial charge >= 0.3 is 5.97 Å². The molecule has 3 aliphatic heterocycles. The van der Waals surface area contributed by atoms with E-state index in [9.17, 15) is 9.90 Å². The van der Waals surface area contributed by atoms with E-state index in [1.54, 1.807) is 0 Å². The molecule has 0 radical (unpaired) electrons. The number of aliphatic hydroxyl groups is 1. The summed E-state index contributed by atoms with van der Waals surface area (Å²) in [5, 5.41) is 10.2. The van der Waals surface area contributed by atoms with E-state index in [0.717, 1.165) is 12.1 Å². The monoisotopic (exact) mass is 319 g/mol. The molecule has 0 bridgehead atoms. The maximum Gasteiger partial charge on any atom is 0.303 e. The zero-order chi connectivity index (χ0) is 16.4. The van der Waals surface area contributed by atoms with Crippen molar-refractivity contribution in [2.24, 2.45) is 16.3 Å². The molecule has 0 aromatic carbocycles. The van der Waals surface area contributed by atoms with E-state index in [1.165, 1.54) is 12.5 Å². The second-order valence-electron chi connectivity index (χ2n) is 8.00. The average molecular weight is 319 g/mol. The van der Waals surface area contributed by atoms with E-state index in [2.05, 4.69) is 24.9 Å². The largest absolute Gasteiger partial charge is 0.459 e. The summed E-state index contributed by atoms with van der Waals surface area (Å²) >= 11 is 0. The molecule has 5 rings (SSSR count). The highest BCUT2D eigenvalue weighted by Crippen LogP contribution is 2.68. The van der Waals surface area contributed by atoms with E-state index in [4.69, 9.17) is 14.2 Å². The minimum atomic E-state index is -0.811. The fourth-order valence-electron chi connectivity index (χ4n) is 5.11. The number of carbonyl (C=O) groups is 1. The Morgan fingerprint density at radius 2 is 2.22 bits per heavy atom. The first-order chi connectivity index (χ1) is 10.7. The molecule has 124 valence electrons. The van der Waals surface area contributed by atoms with E-state index >= 15 is 0 Å². The van der Waals surface area contributed by atoms with Crippen LogP contribution in [0.25, 0.3) is 0 Å². The maximum atomic E-state index is 11.5. The van der Waals surface area contributed by atoms with Crippen LogP contribution in [0, 0.1) is 11.3 Å². The molecule has 6 heteroatoms. The Morgan fingerprint density at radius 3 is 2.87 bits per heavy atom. The Hall–Kier alpha value is -1.24. The minimum Gasteiger partial charge on any atom is -0.459 e. The van der Waals surface area contributed by atoms with Gasteiger partial charge in [0.05, 0.1) is 5.71 Å². The van der Waals surface area contributed by atoms with Crippen LogP contribution in [0.2, 0.25) is 0 Å². The summed E-state index contributed by atoms with van der Waals surface area (Å²) in [5.41, 5.74) is 0.729. The number of aliphatic hydroxyl groups excluding tert-OH is 1. The van der Waals surface area contributed by atoms with Crippen LogP contribution in [0.1, 0.15) is 34.1 Å². The van der Waals surface area contributed by atoms with Gasteiger partial charge in [0.25, 0.3) is 0 Å². The van der Waals surface area contributed by atoms with Crippen molar-refractivity contribution in [1.82, 2.24) is 0 Å². The van der Waals surface area contributed by atoms with Gasteiger partial charge in [-0.05, 0) is 25.0 Å². The van der Waals surface area contributed by atoms with Crippen LogP contribution < -0.4 is 0 Å². The molecule has 2 aliphatic carbocycles. The van der Waals surface area contributed by atoms with Crippen molar-refractivity contribution < 1.29 is 24.1 Å². The van der Waals surface area contributed by atoms with Crippen LogP contribution in [0.15, 0.2) is 16.6 Å². The predicted octanol–water partition coefficient (Wildman–Crippen LogP) is 0.972. The predicted molar refractivity (Wildman–Crippen MR) is 79.8 cm³/mol. The van der Waals surface area contributed by atoms with Crippen molar-refractivity contribution in [2.45, 2.75) is 69.9 Å². The van der Waals surface area contributed by atoms with Crippen LogP contribution in [0.5, 0.6) is 0 Å². The van der Waals surface area contributed by atoms with Gasteiger partial charge in [-0.1, -0.05) is 13.8 Å². The highest BCUT2D eigenvalue weighted by atomic mass is 16.7. The normalized spacial score (nSPS) is 58.0. The molecule has 6 nitrogen and oxygen atoms in total. The zero-order valence-electron chi connectivity index (χ0n) is 13.7. The number of esters is 1. The summed E-state index contributed by atoms with van der Waals surface area (Å²) in [6.07, 6.45) is 1.70. The number of nitrogens with zero attached hydrogens (tertiary/aromatic N) is 1. The molecule has 2 saturated heterocycles. The molecule has 1 saturated carbocycles. The van der Waals surface area contributed by atoms with Gasteiger partial charge in [-0.25, -0.2) is 0 Å². The molecule has 1 N–H and O–H groups in total. The summed E-state index contributed by atoms with van der Waals surface area (Å²) < 4.78 is 17.4. The molecule has 0 unspecified atom stereocenters. The molecule has 0 aromatic heterocycles. The third-order valence-electron chi connectivity index (χ3n) is 6.84. The van der Waals surface area contributed by atoms with Gasteiger partial charge in [0.15, 0.2) is 6.23 Å². The van der Waals surface area contributed by atoms with Gasteiger partial charge in [-0.15, -0.1) is 0 Å². The van der Waals surface area contributed by atoms with Crippen molar-refractivity contribution in [3.8, 4) is 0 Å². The molecule has 5 aliphatic rings. The third kappa shape index (κ3) is 1.42. The van der Waals surface area contributed by atoms with Crippen molar-refractivity contribution in [3.63, 3.8) is 0 Å². The van der Waals surface area contributed by atoms with Gasteiger partial charge in [0.2, 0.25) is 0 Å². The number of aliphatic imine (C=N–C) groups is 1. The van der Waals surface area contributed by atoms with E-state index in [-0.39, 0.29) is 35.6 Å². The number of fused-ring (bicyclic) bond motifs is 3. The molecule has 8 atom stereocenters. The quantitative estimate of drug-likeness (QED) is 0.575. The first kappa shape index (κ1) is 14.1. The Morgan fingerprint density at radius 1 is 1.48 bits per heavy atom. The summed E-state index contributed by atoms with van der Waals surface area (Å²) in [5.74, 6) is -0.157. The van der Waals surface area contributed by atoms with Gasteiger partial charge in [-0.3, -0.25) is 9.79 Å². The molecule has 3 fully saturated rings. The Balaban J connectivity index is 1.58. The second-order valence-corrected chi connectivity index (χ2v) is 8.00. The molecule has 0 aromatic rings. The summed E-state index contributed by atoms with van der Waals surface area (Å²) in [6.45, 7) is 7.67. The van der Waals surface area contributed by atoms with Crippen molar-refractivity contribution in [3.05, 3.63) is 11.6 Å². The lowest BCUT2D eigenvalue weighted by Gasteiger charge is -2.47. The molecule has 3 heterocycles. The standard InChI is InChI=1S/C17H21NO5/c1-7-11(21-8(2)19)13-12(22-13)9-5-10-17(6-15(7,9)3)16(4,23-17)14(20)18-10/h5,7,11-14,20H,6H2,1-4H3/t7-,11+,12-,13+,14+,15+,16+,17-/m0/s1. The highest BCUT2D eigenvalue weighted by molar-refractivity contribution is 6.09. The minimum absolute atomic E-state index is 0.0108. The Labute approximate surface area is 134 Å². The van der Waals surface area contributed by atoms with Gasteiger partial charge in [0, 0.05) is 18.3 Å². The van der Waals surface area contributed by atoms with Crippen molar-refractivity contribution in [2.75, 3.05) is 0 Å². The molecular weight excluding hydrogens is 298 g/mol. The molecule has 0 amide bonds. The smallest absolute Gasteiger partial charge is 0.303 e. The molecule has 23 heavy (non-hydrogen) atoms. The summed E-state index contributed by atoms with van der Waals surface area (Å²) in [4.78, 5) is 15.9. The van der Waals surface area contributed by atoms with E-state index in [1.807, 2.05) is 6.92 Å². The van der Waals surface area contributed by atoms with Crippen LogP contribution in [0.3, 0.4) is 0 Å². The van der Waals surface area contributed by atoms with Gasteiger partial charge in [-0.2, -0.15) is 0 Å².